The molecular formula is C24H20ClN7O2. The van der Waals surface area contributed by atoms with Crippen LogP contribution in [0.5, 0.6) is 0 Å². The molecule has 2 aromatic carbocycles. The average Bonchev–Trinajstić information content (AvgIpc) is 3.51. The number of para-hydroxylation sites is 1. The van der Waals surface area contributed by atoms with Crippen molar-refractivity contribution in [2.75, 3.05) is 18.6 Å². The molecule has 1 N–H and O–H groups in total. The molecule has 3 aromatic heterocycles. The van der Waals surface area contributed by atoms with Gasteiger partial charge in [-0.15, -0.1) is 0 Å². The Morgan fingerprint density at radius 3 is 2.76 bits per heavy atom. The molecule has 1 fully saturated rings. The minimum Gasteiger partial charge on any atom is -0.380 e. The van der Waals surface area contributed by atoms with E-state index >= 15 is 0 Å². The highest BCUT2D eigenvalue weighted by Crippen LogP contribution is 2.38. The number of anilines is 1. The van der Waals surface area contributed by atoms with Gasteiger partial charge in [-0.2, -0.15) is 0 Å². The van der Waals surface area contributed by atoms with Crippen molar-refractivity contribution in [3.8, 4) is 5.69 Å². The fraction of sp³-hybridized carbons (Fsp3) is 0.208. The molecule has 0 amide bonds. The lowest BCUT2D eigenvalue weighted by Crippen LogP contribution is -2.32. The molecule has 1 aliphatic heterocycles. The first-order chi connectivity index (χ1) is 16.7. The number of fused-ring (bicyclic) bond motifs is 2. The van der Waals surface area contributed by atoms with Crippen molar-refractivity contribution in [3.05, 3.63) is 82.4 Å². The van der Waals surface area contributed by atoms with E-state index in [1.165, 1.54) is 6.33 Å². The summed E-state index contributed by atoms with van der Waals surface area (Å²) in [5, 5.41) is 0.766. The molecule has 1 saturated heterocycles. The van der Waals surface area contributed by atoms with Crippen molar-refractivity contribution in [1.82, 2.24) is 29.5 Å². The zero-order chi connectivity index (χ0) is 23.2. The molecule has 0 bridgehead atoms. The third kappa shape index (κ3) is 3.24. The van der Waals surface area contributed by atoms with Crippen molar-refractivity contribution in [1.29, 1.82) is 0 Å². The normalized spacial score (nSPS) is 18.2. The average molecular weight is 474 g/mol. The van der Waals surface area contributed by atoms with E-state index in [9.17, 15) is 4.79 Å². The lowest BCUT2D eigenvalue weighted by molar-refractivity contribution is 0.118. The number of nitrogens with zero attached hydrogens (tertiary/aromatic N) is 6. The zero-order valence-electron chi connectivity index (χ0n) is 18.2. The molecule has 0 unspecified atom stereocenters. The second kappa shape index (κ2) is 8.19. The number of methoxy groups -OCH3 is 1. The van der Waals surface area contributed by atoms with Gasteiger partial charge in [-0.1, -0.05) is 35.9 Å². The molecule has 6 rings (SSSR count). The number of rotatable bonds is 4. The number of halogens is 1. The van der Waals surface area contributed by atoms with Crippen LogP contribution in [-0.2, 0) is 4.74 Å². The summed E-state index contributed by atoms with van der Waals surface area (Å²) in [5.41, 5.74) is 2.35. The molecule has 9 nitrogen and oxygen atoms in total. The molecular weight excluding hydrogens is 454 g/mol. The van der Waals surface area contributed by atoms with Crippen LogP contribution >= 0.6 is 11.6 Å². The van der Waals surface area contributed by atoms with Crippen LogP contribution in [0.2, 0.25) is 5.02 Å². The van der Waals surface area contributed by atoms with Crippen LogP contribution in [0.15, 0.2) is 66.0 Å². The van der Waals surface area contributed by atoms with Crippen molar-refractivity contribution in [2.45, 2.75) is 18.6 Å². The molecule has 10 heteroatoms. The smallest absolute Gasteiger partial charge is 0.267 e. The van der Waals surface area contributed by atoms with E-state index in [0.29, 0.717) is 51.9 Å². The summed E-state index contributed by atoms with van der Waals surface area (Å²) >= 11 is 6.45. The Morgan fingerprint density at radius 2 is 1.94 bits per heavy atom. The number of aromatic amines is 1. The number of imidazole rings is 1. The number of ether oxygens (including phenoxy) is 1. The van der Waals surface area contributed by atoms with Gasteiger partial charge in [-0.25, -0.2) is 19.9 Å². The van der Waals surface area contributed by atoms with E-state index in [0.717, 1.165) is 5.52 Å². The van der Waals surface area contributed by atoms with Gasteiger partial charge in [0.05, 0.1) is 40.1 Å². The Bertz CT molecular complexity index is 1570. The largest absolute Gasteiger partial charge is 0.380 e. The number of benzene rings is 2. The minimum absolute atomic E-state index is 0.0749. The van der Waals surface area contributed by atoms with Crippen LogP contribution in [0.4, 0.5) is 5.82 Å². The van der Waals surface area contributed by atoms with Gasteiger partial charge in [0, 0.05) is 20.1 Å². The second-order valence-corrected chi connectivity index (χ2v) is 8.55. The van der Waals surface area contributed by atoms with Gasteiger partial charge in [-0.3, -0.25) is 9.36 Å². The van der Waals surface area contributed by atoms with Gasteiger partial charge in [0.25, 0.3) is 5.56 Å². The topological polar surface area (TPSA) is 102 Å². The minimum atomic E-state index is -0.289. The molecule has 0 spiro atoms. The Kier molecular flexibility index (Phi) is 5.00. The predicted octanol–water partition coefficient (Wildman–Crippen LogP) is 3.67. The van der Waals surface area contributed by atoms with Crippen molar-refractivity contribution in [2.24, 2.45) is 0 Å². The molecule has 5 aromatic rings. The summed E-state index contributed by atoms with van der Waals surface area (Å²) in [5.74, 6) is 1.28. The number of H-pyrrole nitrogens is 1. The molecule has 2 atom stereocenters. The van der Waals surface area contributed by atoms with E-state index in [1.54, 1.807) is 30.1 Å². The van der Waals surface area contributed by atoms with Crippen LogP contribution in [0, 0.1) is 0 Å². The first kappa shape index (κ1) is 20.8. The SMILES string of the molecule is CO[C@H]1C[C@@H](c2nc3cccc(Cl)c3c(=O)n2-c2ccccc2)N(c2ncnc3nc[nH]c23)C1. The van der Waals surface area contributed by atoms with E-state index in [4.69, 9.17) is 21.3 Å². The Labute approximate surface area is 199 Å². The van der Waals surface area contributed by atoms with Gasteiger partial charge in [0.15, 0.2) is 11.5 Å². The fourth-order valence-electron chi connectivity index (χ4n) is 4.67. The zero-order valence-corrected chi connectivity index (χ0v) is 19.0. The van der Waals surface area contributed by atoms with Crippen LogP contribution in [0.3, 0.4) is 0 Å². The van der Waals surface area contributed by atoms with Gasteiger partial charge in [0.2, 0.25) is 0 Å². The maximum absolute atomic E-state index is 13.8. The summed E-state index contributed by atoms with van der Waals surface area (Å²) in [6, 6.07) is 14.5. The van der Waals surface area contributed by atoms with Gasteiger partial charge < -0.3 is 14.6 Å². The summed E-state index contributed by atoms with van der Waals surface area (Å²) < 4.78 is 7.39. The third-order valence-electron chi connectivity index (χ3n) is 6.26. The van der Waals surface area contributed by atoms with Crippen molar-refractivity contribution >= 4 is 39.5 Å². The summed E-state index contributed by atoms with van der Waals surface area (Å²) in [7, 11) is 1.69. The third-order valence-corrected chi connectivity index (χ3v) is 6.57. The highest BCUT2D eigenvalue weighted by Gasteiger charge is 2.38. The number of hydrogen-bond acceptors (Lipinski definition) is 7. The summed E-state index contributed by atoms with van der Waals surface area (Å²) in [6.07, 6.45) is 3.64. The first-order valence-corrected chi connectivity index (χ1v) is 11.2. The summed E-state index contributed by atoms with van der Waals surface area (Å²) in [6.45, 7) is 0.574. The maximum Gasteiger partial charge on any atom is 0.267 e. The number of aromatic nitrogens is 6. The molecule has 0 radical (unpaired) electrons. The number of hydrogen-bond donors (Lipinski definition) is 1. The molecule has 4 heterocycles. The van der Waals surface area contributed by atoms with Crippen LogP contribution < -0.4 is 10.5 Å². The van der Waals surface area contributed by atoms with Crippen molar-refractivity contribution in [3.63, 3.8) is 0 Å². The monoisotopic (exact) mass is 473 g/mol. The molecule has 34 heavy (non-hydrogen) atoms. The highest BCUT2D eigenvalue weighted by atomic mass is 35.5. The maximum atomic E-state index is 13.8. The quantitative estimate of drug-likeness (QED) is 0.425. The number of nitrogens with one attached hydrogen (secondary N) is 1. The fourth-order valence-corrected chi connectivity index (χ4v) is 4.92. The molecule has 170 valence electrons. The molecule has 0 aliphatic carbocycles. The van der Waals surface area contributed by atoms with Gasteiger partial charge in [-0.05, 0) is 24.3 Å². The molecule has 0 saturated carbocycles. The Morgan fingerprint density at radius 1 is 1.09 bits per heavy atom. The second-order valence-electron chi connectivity index (χ2n) is 8.14. The standard InChI is InChI=1S/C24H20ClN7O2/c1-34-15-10-18(31(11-15)23-20-21(27-12-26-20)28-13-29-23)22-30-17-9-5-8-16(25)19(17)24(33)32(22)14-6-3-2-4-7-14/h2-9,12-13,15,18H,10-11H2,1H3,(H,26,27,28,29)/t15-,18-/m0/s1. The predicted molar refractivity (Wildman–Crippen MR) is 130 cm³/mol. The van der Waals surface area contributed by atoms with Crippen LogP contribution in [0.1, 0.15) is 18.3 Å². The Hall–Kier alpha value is -3.82. The van der Waals surface area contributed by atoms with Crippen molar-refractivity contribution < 1.29 is 4.74 Å². The van der Waals surface area contributed by atoms with E-state index in [-0.39, 0.29) is 17.7 Å². The lowest BCUT2D eigenvalue weighted by Gasteiger charge is -2.27. The Balaban J connectivity index is 1.63. The van der Waals surface area contributed by atoms with Crippen LogP contribution in [-0.4, -0.2) is 49.2 Å². The van der Waals surface area contributed by atoms with E-state index < -0.39 is 0 Å². The summed E-state index contributed by atoms with van der Waals surface area (Å²) in [4.78, 5) is 37.1. The van der Waals surface area contributed by atoms with E-state index in [1.807, 2.05) is 36.4 Å². The first-order valence-electron chi connectivity index (χ1n) is 10.9. The van der Waals surface area contributed by atoms with E-state index in [2.05, 4.69) is 24.8 Å². The highest BCUT2D eigenvalue weighted by molar-refractivity contribution is 6.35. The van der Waals surface area contributed by atoms with Crippen LogP contribution in [0.25, 0.3) is 27.8 Å². The van der Waals surface area contributed by atoms with Gasteiger partial charge in [0.1, 0.15) is 17.7 Å². The molecule has 1 aliphatic rings. The lowest BCUT2D eigenvalue weighted by atomic mass is 10.1. The van der Waals surface area contributed by atoms with Gasteiger partial charge >= 0.3 is 0 Å².